The molecule has 1 aromatic heterocycles. The predicted molar refractivity (Wildman–Crippen MR) is 87.3 cm³/mol. The van der Waals surface area contributed by atoms with E-state index in [1.165, 1.54) is 0 Å². The number of hydrogen-bond acceptors (Lipinski definition) is 7. The molecule has 150 valence electrons. The number of halogens is 3. The molecule has 1 aliphatic carbocycles. The summed E-state index contributed by atoms with van der Waals surface area (Å²) in [6, 6.07) is 2.60. The summed E-state index contributed by atoms with van der Waals surface area (Å²) in [5, 5.41) is 3.51. The number of carbonyl (C=O) groups is 2. The maximum absolute atomic E-state index is 13.5. The largest absolute Gasteiger partial charge is 0.772 e. The molecule has 1 unspecified atom stereocenters. The molecule has 0 spiro atoms. The molecule has 28 heavy (non-hydrogen) atoms. The first-order chi connectivity index (χ1) is 13.1. The molecule has 7 nitrogen and oxygen atoms in total. The van der Waals surface area contributed by atoms with Gasteiger partial charge in [0, 0.05) is 17.2 Å². The molecule has 2 aromatic rings. The molecule has 0 aliphatic heterocycles. The third-order valence-corrected chi connectivity index (χ3v) is 4.76. The van der Waals surface area contributed by atoms with Gasteiger partial charge in [0.2, 0.25) is 5.69 Å². The van der Waals surface area contributed by atoms with Crippen LogP contribution in [0.3, 0.4) is 0 Å². The lowest BCUT2D eigenvalue weighted by Crippen LogP contribution is -2.17. The molecule has 11 heteroatoms. The number of esters is 1. The zero-order valence-electron chi connectivity index (χ0n) is 14.4. The summed E-state index contributed by atoms with van der Waals surface area (Å²) >= 11 is -2.60. The van der Waals surface area contributed by atoms with Gasteiger partial charge in [0.25, 0.3) is 0 Å². The smallest absolute Gasteiger partial charge is 0.417 e. The normalized spacial score (nSPS) is 15.3. The molecule has 0 bridgehead atoms. The van der Waals surface area contributed by atoms with Crippen LogP contribution in [0.25, 0.3) is 0 Å². The van der Waals surface area contributed by atoms with Gasteiger partial charge < -0.3 is 13.8 Å². The van der Waals surface area contributed by atoms with Gasteiger partial charge in [0.1, 0.15) is 5.56 Å². The maximum atomic E-state index is 13.5. The van der Waals surface area contributed by atoms with E-state index in [4.69, 9.17) is 4.52 Å². The van der Waals surface area contributed by atoms with Crippen LogP contribution in [0.15, 0.2) is 22.7 Å². The van der Waals surface area contributed by atoms with Crippen LogP contribution in [0, 0.1) is 0 Å². The average molecular weight is 416 g/mol. The van der Waals surface area contributed by atoms with Crippen molar-refractivity contribution in [3.8, 4) is 0 Å². The van der Waals surface area contributed by atoms with Gasteiger partial charge in [-0.1, -0.05) is 28.4 Å². The van der Waals surface area contributed by atoms with Crippen molar-refractivity contribution >= 4 is 22.8 Å². The van der Waals surface area contributed by atoms with E-state index in [-0.39, 0.29) is 22.8 Å². The Labute approximate surface area is 159 Å². The minimum Gasteiger partial charge on any atom is -0.772 e. The van der Waals surface area contributed by atoms with Crippen LogP contribution in [0.4, 0.5) is 13.2 Å². The van der Waals surface area contributed by atoms with Gasteiger partial charge in [-0.15, -0.1) is 0 Å². The van der Waals surface area contributed by atoms with E-state index in [0.29, 0.717) is 18.9 Å². The van der Waals surface area contributed by atoms with Crippen LogP contribution in [-0.2, 0) is 27.7 Å². The van der Waals surface area contributed by atoms with E-state index < -0.39 is 51.6 Å². The van der Waals surface area contributed by atoms with E-state index in [9.17, 15) is 31.5 Å². The van der Waals surface area contributed by atoms with Gasteiger partial charge in [-0.3, -0.25) is 9.00 Å². The maximum Gasteiger partial charge on any atom is 0.417 e. The SMILES string of the molecule is COC(=O)c1noc(C2CC2)c1C(=O)c1ccc(CS(=O)[O-])cc1C(F)(F)F. The topological polar surface area (TPSA) is 110 Å². The second-order valence-electron chi connectivity index (χ2n) is 6.19. The van der Waals surface area contributed by atoms with Crippen molar-refractivity contribution in [2.75, 3.05) is 7.11 Å². The van der Waals surface area contributed by atoms with E-state index in [1.54, 1.807) is 0 Å². The van der Waals surface area contributed by atoms with Crippen molar-refractivity contribution < 1.29 is 40.8 Å². The third kappa shape index (κ3) is 3.99. The number of aromatic nitrogens is 1. The first-order valence-electron chi connectivity index (χ1n) is 8.02. The van der Waals surface area contributed by atoms with Crippen LogP contribution in [0.5, 0.6) is 0 Å². The lowest BCUT2D eigenvalue weighted by Gasteiger charge is -2.15. The van der Waals surface area contributed by atoms with Gasteiger partial charge in [-0.25, -0.2) is 4.79 Å². The number of benzene rings is 1. The predicted octanol–water partition coefficient (Wildman–Crippen LogP) is 2.97. The molecule has 3 rings (SSSR count). The second kappa shape index (κ2) is 7.47. The molecule has 1 atom stereocenters. The van der Waals surface area contributed by atoms with Crippen LogP contribution < -0.4 is 0 Å². The van der Waals surface area contributed by atoms with Crippen molar-refractivity contribution in [3.63, 3.8) is 0 Å². The summed E-state index contributed by atoms with van der Waals surface area (Å²) in [5.74, 6) is -2.90. The number of carbonyl (C=O) groups excluding carboxylic acids is 2. The Kier molecular flexibility index (Phi) is 5.39. The molecular weight excluding hydrogens is 403 g/mol. The van der Waals surface area contributed by atoms with E-state index in [2.05, 4.69) is 9.89 Å². The number of alkyl halides is 3. The Hall–Kier alpha value is -2.53. The van der Waals surface area contributed by atoms with Gasteiger partial charge in [0.15, 0.2) is 11.5 Å². The molecule has 1 aromatic carbocycles. The molecule has 0 amide bonds. The van der Waals surface area contributed by atoms with Gasteiger partial charge in [0.05, 0.1) is 12.7 Å². The fourth-order valence-electron chi connectivity index (χ4n) is 2.77. The van der Waals surface area contributed by atoms with E-state index >= 15 is 0 Å². The summed E-state index contributed by atoms with van der Waals surface area (Å²) < 4.78 is 71.8. The van der Waals surface area contributed by atoms with Crippen LogP contribution in [-0.4, -0.2) is 32.8 Å². The van der Waals surface area contributed by atoms with Crippen molar-refractivity contribution in [2.45, 2.75) is 30.7 Å². The lowest BCUT2D eigenvalue weighted by molar-refractivity contribution is -0.137. The second-order valence-corrected chi connectivity index (χ2v) is 7.09. The lowest BCUT2D eigenvalue weighted by atomic mass is 9.94. The Morgan fingerprint density at radius 1 is 1.36 bits per heavy atom. The average Bonchev–Trinajstić information content (AvgIpc) is 3.37. The molecular formula is C17H13F3NO6S-. The molecule has 0 N–H and O–H groups in total. The quantitative estimate of drug-likeness (QED) is 0.404. The molecule has 1 aliphatic rings. The first-order valence-corrected chi connectivity index (χ1v) is 9.26. The fraction of sp³-hybridized carbons (Fsp3) is 0.353. The highest BCUT2D eigenvalue weighted by atomic mass is 32.2. The Bertz CT molecular complexity index is 964. The summed E-state index contributed by atoms with van der Waals surface area (Å²) in [7, 11) is 1.04. The Morgan fingerprint density at radius 2 is 2.04 bits per heavy atom. The number of ether oxygens (including phenoxy) is 1. The molecule has 1 fully saturated rings. The number of nitrogens with zero attached hydrogens (tertiary/aromatic N) is 1. The van der Waals surface area contributed by atoms with Crippen molar-refractivity contribution in [3.05, 3.63) is 51.9 Å². The van der Waals surface area contributed by atoms with Crippen molar-refractivity contribution in [2.24, 2.45) is 0 Å². The van der Waals surface area contributed by atoms with E-state index in [1.807, 2.05) is 0 Å². The zero-order valence-corrected chi connectivity index (χ0v) is 15.2. The summed E-state index contributed by atoms with van der Waals surface area (Å²) in [6.07, 6.45) is -3.62. The zero-order chi connectivity index (χ0) is 20.6. The Morgan fingerprint density at radius 3 is 2.57 bits per heavy atom. The molecule has 1 saturated carbocycles. The van der Waals surface area contributed by atoms with Crippen molar-refractivity contribution in [1.82, 2.24) is 5.16 Å². The fourth-order valence-corrected chi connectivity index (χ4v) is 3.22. The first kappa shape index (κ1) is 20.2. The van der Waals surface area contributed by atoms with Crippen LogP contribution >= 0.6 is 0 Å². The van der Waals surface area contributed by atoms with E-state index in [0.717, 1.165) is 19.2 Å². The number of hydrogen-bond donors (Lipinski definition) is 0. The van der Waals surface area contributed by atoms with Gasteiger partial charge >= 0.3 is 12.1 Å². The number of methoxy groups -OCH3 is 1. The van der Waals surface area contributed by atoms with Gasteiger partial charge in [-0.2, -0.15) is 13.2 Å². The van der Waals surface area contributed by atoms with Gasteiger partial charge in [-0.05, 0) is 24.5 Å². The minimum absolute atomic E-state index is 0.0447. The molecule has 0 radical (unpaired) electrons. The van der Waals surface area contributed by atoms with Crippen LogP contribution in [0.2, 0.25) is 0 Å². The van der Waals surface area contributed by atoms with Crippen LogP contribution in [0.1, 0.15) is 62.1 Å². The highest BCUT2D eigenvalue weighted by Crippen LogP contribution is 2.44. The Balaban J connectivity index is 2.14. The third-order valence-electron chi connectivity index (χ3n) is 4.19. The molecule has 0 saturated heterocycles. The monoisotopic (exact) mass is 416 g/mol. The highest BCUT2D eigenvalue weighted by molar-refractivity contribution is 7.78. The standard InChI is InChI=1S/C17H14F3NO6S/c1-26-16(23)13-12(15(27-21-13)9-3-4-9)14(22)10-5-2-8(7-28(24)25)6-11(10)17(18,19)20/h2,5-6,9H,3-4,7H2,1H3,(H,24,25)/p-1. The summed E-state index contributed by atoms with van der Waals surface area (Å²) in [5.41, 5.74) is -3.02. The number of ketones is 1. The highest BCUT2D eigenvalue weighted by Gasteiger charge is 2.41. The summed E-state index contributed by atoms with van der Waals surface area (Å²) in [6.45, 7) is 0. The summed E-state index contributed by atoms with van der Waals surface area (Å²) in [4.78, 5) is 24.9. The number of rotatable bonds is 6. The molecule has 1 heterocycles. The van der Waals surface area contributed by atoms with Crippen molar-refractivity contribution in [1.29, 1.82) is 0 Å². The minimum atomic E-state index is -4.92.